The van der Waals surface area contributed by atoms with Crippen LogP contribution in [0.1, 0.15) is 24.6 Å². The number of aromatic nitrogens is 2. The van der Waals surface area contributed by atoms with Gasteiger partial charge in [0.1, 0.15) is 5.82 Å². The van der Waals surface area contributed by atoms with Crippen molar-refractivity contribution in [2.45, 2.75) is 33.2 Å². The fourth-order valence-electron chi connectivity index (χ4n) is 2.60. The van der Waals surface area contributed by atoms with Gasteiger partial charge in [-0.3, -0.25) is 0 Å². The predicted octanol–water partition coefficient (Wildman–Crippen LogP) is 4.09. The summed E-state index contributed by atoms with van der Waals surface area (Å²) in [7, 11) is 0. The zero-order valence-corrected chi connectivity index (χ0v) is 11.5. The lowest BCUT2D eigenvalue weighted by Crippen LogP contribution is -2.18. The topological polar surface area (TPSA) is 17.8 Å². The first-order chi connectivity index (χ1) is 8.65. The molecule has 94 valence electrons. The minimum atomic E-state index is 0.678. The minimum Gasteiger partial charge on any atom is -0.326 e. The van der Waals surface area contributed by atoms with E-state index < -0.39 is 0 Å². The predicted molar refractivity (Wildman–Crippen MR) is 74.9 cm³/mol. The molecule has 1 aliphatic heterocycles. The summed E-state index contributed by atoms with van der Waals surface area (Å²) in [5, 5.41) is 0.678. The van der Waals surface area contributed by atoms with E-state index in [-0.39, 0.29) is 0 Å². The highest BCUT2D eigenvalue weighted by Gasteiger charge is 2.22. The van der Waals surface area contributed by atoms with Crippen molar-refractivity contribution in [2.24, 2.45) is 5.92 Å². The lowest BCUT2D eigenvalue weighted by molar-refractivity contribution is 0.402. The smallest absolute Gasteiger partial charge is 0.150 e. The van der Waals surface area contributed by atoms with E-state index in [4.69, 9.17) is 11.6 Å². The molecule has 2 nitrogen and oxygen atoms in total. The van der Waals surface area contributed by atoms with Crippen LogP contribution in [0.5, 0.6) is 0 Å². The van der Waals surface area contributed by atoms with Gasteiger partial charge in [-0.05, 0) is 25.7 Å². The molecule has 18 heavy (non-hydrogen) atoms. The third-order valence-corrected chi connectivity index (χ3v) is 4.00. The number of hydrogen-bond donors (Lipinski definition) is 0. The van der Waals surface area contributed by atoms with Crippen LogP contribution in [0, 0.1) is 12.8 Å². The summed E-state index contributed by atoms with van der Waals surface area (Å²) in [5.41, 5.74) is 3.62. The third-order valence-electron chi connectivity index (χ3n) is 3.70. The molecule has 0 saturated heterocycles. The first kappa shape index (κ1) is 11.8. The fraction of sp³-hybridized carbons (Fsp3) is 0.400. The van der Waals surface area contributed by atoms with Gasteiger partial charge in [0.25, 0.3) is 0 Å². The molecule has 0 N–H and O–H groups in total. The van der Waals surface area contributed by atoms with Crippen molar-refractivity contribution in [3.8, 4) is 11.4 Å². The summed E-state index contributed by atoms with van der Waals surface area (Å²) in [4.78, 5) is 4.56. The maximum atomic E-state index is 6.26. The number of halogens is 1. The number of rotatable bonds is 1. The highest BCUT2D eigenvalue weighted by Crippen LogP contribution is 2.31. The molecule has 0 radical (unpaired) electrons. The van der Waals surface area contributed by atoms with Crippen LogP contribution in [0.4, 0.5) is 0 Å². The van der Waals surface area contributed by atoms with E-state index in [2.05, 4.69) is 47.7 Å². The zero-order chi connectivity index (χ0) is 12.7. The molecule has 0 amide bonds. The Kier molecular flexibility index (Phi) is 2.90. The van der Waals surface area contributed by atoms with E-state index in [1.807, 2.05) is 0 Å². The molecular formula is C15H17ClN2. The molecule has 3 heteroatoms. The Labute approximate surface area is 113 Å². The molecule has 1 aromatic carbocycles. The van der Waals surface area contributed by atoms with Gasteiger partial charge in [-0.2, -0.15) is 0 Å². The van der Waals surface area contributed by atoms with Crippen LogP contribution in [0.2, 0.25) is 5.15 Å². The summed E-state index contributed by atoms with van der Waals surface area (Å²) >= 11 is 6.26. The van der Waals surface area contributed by atoms with Gasteiger partial charge in [0.2, 0.25) is 0 Å². The first-order valence-electron chi connectivity index (χ1n) is 6.47. The van der Waals surface area contributed by atoms with E-state index in [1.54, 1.807) is 0 Å². The van der Waals surface area contributed by atoms with Crippen LogP contribution in [-0.2, 0) is 13.0 Å². The molecular weight excluding hydrogens is 244 g/mol. The molecule has 3 rings (SSSR count). The van der Waals surface area contributed by atoms with E-state index in [9.17, 15) is 0 Å². The summed E-state index contributed by atoms with van der Waals surface area (Å²) in [6.07, 6.45) is 2.25. The van der Waals surface area contributed by atoms with E-state index >= 15 is 0 Å². The minimum absolute atomic E-state index is 0.678. The molecule has 1 aromatic heterocycles. The maximum absolute atomic E-state index is 6.26. The molecule has 0 fully saturated rings. The van der Waals surface area contributed by atoms with Crippen LogP contribution in [0.15, 0.2) is 24.3 Å². The Morgan fingerprint density at radius 3 is 2.72 bits per heavy atom. The van der Waals surface area contributed by atoms with Gasteiger partial charge in [-0.15, -0.1) is 0 Å². The summed E-state index contributed by atoms with van der Waals surface area (Å²) in [6.45, 7) is 5.41. The Balaban J connectivity index is 2.10. The second kappa shape index (κ2) is 4.43. The van der Waals surface area contributed by atoms with Crippen LogP contribution in [-0.4, -0.2) is 9.55 Å². The van der Waals surface area contributed by atoms with Gasteiger partial charge in [-0.1, -0.05) is 48.4 Å². The van der Waals surface area contributed by atoms with Crippen LogP contribution in [0.25, 0.3) is 11.4 Å². The number of fused-ring (bicyclic) bond motifs is 1. The molecule has 0 bridgehead atoms. The van der Waals surface area contributed by atoms with Crippen LogP contribution < -0.4 is 0 Å². The first-order valence-corrected chi connectivity index (χ1v) is 6.85. The summed E-state index contributed by atoms with van der Waals surface area (Å²) in [5.74, 6) is 1.72. The average Bonchev–Trinajstić information content (AvgIpc) is 2.67. The molecule has 0 saturated carbocycles. The standard InChI is InChI=1S/C15H17ClN2/c1-10-3-6-12(7-4-10)15-17-14(16)13-8-5-11(2)9-18(13)15/h3-4,6-7,11H,5,8-9H2,1-2H3. The van der Waals surface area contributed by atoms with Gasteiger partial charge in [0.15, 0.2) is 5.15 Å². The van der Waals surface area contributed by atoms with E-state index in [1.165, 1.54) is 17.7 Å². The fourth-order valence-corrected chi connectivity index (χ4v) is 2.88. The van der Waals surface area contributed by atoms with Gasteiger partial charge in [0, 0.05) is 12.1 Å². The average molecular weight is 261 g/mol. The molecule has 0 spiro atoms. The second-order valence-electron chi connectivity index (χ2n) is 5.29. The Morgan fingerprint density at radius 2 is 2.00 bits per heavy atom. The summed E-state index contributed by atoms with van der Waals surface area (Å²) < 4.78 is 2.29. The monoisotopic (exact) mass is 260 g/mol. The number of hydrogen-bond acceptors (Lipinski definition) is 1. The number of nitrogens with zero attached hydrogens (tertiary/aromatic N) is 2. The number of imidazole rings is 1. The van der Waals surface area contributed by atoms with E-state index in [0.717, 1.165) is 24.4 Å². The quantitative estimate of drug-likeness (QED) is 0.755. The van der Waals surface area contributed by atoms with Crippen molar-refractivity contribution in [1.82, 2.24) is 9.55 Å². The van der Waals surface area contributed by atoms with Gasteiger partial charge >= 0.3 is 0 Å². The van der Waals surface area contributed by atoms with Crippen molar-refractivity contribution in [2.75, 3.05) is 0 Å². The van der Waals surface area contributed by atoms with Crippen molar-refractivity contribution in [3.05, 3.63) is 40.7 Å². The van der Waals surface area contributed by atoms with Crippen molar-refractivity contribution in [1.29, 1.82) is 0 Å². The molecule has 2 heterocycles. The zero-order valence-electron chi connectivity index (χ0n) is 10.8. The van der Waals surface area contributed by atoms with Gasteiger partial charge in [0.05, 0.1) is 5.69 Å². The number of benzene rings is 1. The Bertz CT molecular complexity index is 569. The normalized spacial score (nSPS) is 18.7. The highest BCUT2D eigenvalue weighted by molar-refractivity contribution is 6.30. The summed E-state index contributed by atoms with van der Waals surface area (Å²) in [6, 6.07) is 8.50. The van der Waals surface area contributed by atoms with Crippen molar-refractivity contribution in [3.63, 3.8) is 0 Å². The SMILES string of the molecule is Cc1ccc(-c2nc(Cl)c3n2CC(C)CC3)cc1. The molecule has 1 aliphatic rings. The maximum Gasteiger partial charge on any atom is 0.150 e. The largest absolute Gasteiger partial charge is 0.326 e. The van der Waals surface area contributed by atoms with Gasteiger partial charge in [-0.25, -0.2) is 4.98 Å². The number of aryl methyl sites for hydroxylation is 1. The van der Waals surface area contributed by atoms with E-state index in [0.29, 0.717) is 11.1 Å². The van der Waals surface area contributed by atoms with Crippen molar-refractivity contribution < 1.29 is 0 Å². The third kappa shape index (κ3) is 1.95. The van der Waals surface area contributed by atoms with Gasteiger partial charge < -0.3 is 4.57 Å². The second-order valence-corrected chi connectivity index (χ2v) is 5.65. The van der Waals surface area contributed by atoms with Crippen molar-refractivity contribution >= 4 is 11.6 Å². The van der Waals surface area contributed by atoms with Crippen LogP contribution >= 0.6 is 11.6 Å². The Hall–Kier alpha value is -1.28. The molecule has 1 unspecified atom stereocenters. The van der Waals surface area contributed by atoms with Crippen LogP contribution in [0.3, 0.4) is 0 Å². The lowest BCUT2D eigenvalue weighted by atomic mass is 10.00. The molecule has 0 aliphatic carbocycles. The lowest BCUT2D eigenvalue weighted by Gasteiger charge is -2.22. The highest BCUT2D eigenvalue weighted by atomic mass is 35.5. The molecule has 1 atom stereocenters. The molecule has 2 aromatic rings. The Morgan fingerprint density at radius 1 is 1.28 bits per heavy atom.